The van der Waals surface area contributed by atoms with Gasteiger partial charge >= 0.3 is 7.25 Å². The van der Waals surface area contributed by atoms with Gasteiger partial charge in [-0.2, -0.15) is 0 Å². The summed E-state index contributed by atoms with van der Waals surface area (Å²) < 4.78 is 39.0. The predicted octanol–water partition coefficient (Wildman–Crippen LogP) is 2.97. The summed E-state index contributed by atoms with van der Waals surface area (Å²) in [7, 11) is -3.82. The van der Waals surface area contributed by atoms with Crippen molar-refractivity contribution >= 4 is 7.25 Å². The molecule has 0 saturated carbocycles. The molecule has 1 aliphatic rings. The zero-order valence-electron chi connectivity index (χ0n) is 8.97. The van der Waals surface area contributed by atoms with Gasteiger partial charge in [-0.25, -0.2) is 0 Å². The Bertz CT molecular complexity index is 334. The summed E-state index contributed by atoms with van der Waals surface area (Å²) in [5, 5.41) is 0. The fourth-order valence-corrected chi connectivity index (χ4v) is 1.64. The Morgan fingerprint density at radius 1 is 1.06 bits per heavy atom. The van der Waals surface area contributed by atoms with Gasteiger partial charge in [0.25, 0.3) is 0 Å². The molecule has 1 aromatic rings. The van der Waals surface area contributed by atoms with Gasteiger partial charge in [-0.15, -0.1) is 0 Å². The number of fused-ring (bicyclic) bond motifs is 1. The van der Waals surface area contributed by atoms with Gasteiger partial charge in [0.1, 0.15) is 0 Å². The normalized spacial score (nSPS) is 16.1. The molecule has 0 N–H and O–H groups in total. The van der Waals surface area contributed by atoms with Gasteiger partial charge in [0.15, 0.2) is 0 Å². The number of hydrogen-bond acceptors (Lipinski definition) is 1. The fourth-order valence-electron chi connectivity index (χ4n) is 1.64. The summed E-state index contributed by atoms with van der Waals surface area (Å²) in [5.41, 5.74) is 3.03. The van der Waals surface area contributed by atoms with Gasteiger partial charge in [0, 0.05) is 13.1 Å². The maximum absolute atomic E-state index is 9.75. The van der Waals surface area contributed by atoms with Crippen LogP contribution in [-0.4, -0.2) is 25.7 Å². The van der Waals surface area contributed by atoms with Crippen molar-refractivity contribution in [1.82, 2.24) is 4.90 Å². The van der Waals surface area contributed by atoms with Crippen molar-refractivity contribution in [1.29, 1.82) is 0 Å². The van der Waals surface area contributed by atoms with Crippen LogP contribution < -0.4 is 0 Å². The maximum Gasteiger partial charge on any atom is 0.673 e. The van der Waals surface area contributed by atoms with Crippen LogP contribution in [0.3, 0.4) is 0 Å². The average Bonchev–Trinajstić information content (AvgIpc) is 2.15. The smallest absolute Gasteiger partial charge is 0.418 e. The van der Waals surface area contributed by atoms with E-state index in [0.29, 0.717) is 0 Å². The van der Waals surface area contributed by atoms with Gasteiger partial charge < -0.3 is 22.2 Å². The average molecular weight is 234 g/mol. The summed E-state index contributed by atoms with van der Waals surface area (Å²) in [6, 6.07) is 8.72. The number of halogens is 4. The SMILES string of the molecule is CN1CCc2ccccc2C1.F[B-](F)(F)F. The van der Waals surface area contributed by atoms with Crippen LogP contribution in [0.5, 0.6) is 0 Å². The fraction of sp³-hybridized carbons (Fsp3) is 0.400. The second kappa shape index (κ2) is 5.34. The molecule has 0 spiro atoms. The Morgan fingerprint density at radius 3 is 2.12 bits per heavy atom. The topological polar surface area (TPSA) is 3.24 Å². The third-order valence-electron chi connectivity index (χ3n) is 2.32. The largest absolute Gasteiger partial charge is 0.673 e. The zero-order valence-corrected chi connectivity index (χ0v) is 8.97. The van der Waals surface area contributed by atoms with Crippen LogP contribution in [0.4, 0.5) is 17.3 Å². The van der Waals surface area contributed by atoms with E-state index in [1.807, 2.05) is 0 Å². The van der Waals surface area contributed by atoms with E-state index in [-0.39, 0.29) is 0 Å². The Kier molecular flexibility index (Phi) is 4.35. The van der Waals surface area contributed by atoms with Gasteiger partial charge in [-0.3, -0.25) is 0 Å². The molecule has 2 rings (SSSR count). The Labute approximate surface area is 92.2 Å². The second-order valence-corrected chi connectivity index (χ2v) is 3.75. The molecule has 0 aliphatic carbocycles. The minimum absolute atomic E-state index is 1.12. The molecule has 1 aliphatic heterocycles. The molecule has 16 heavy (non-hydrogen) atoms. The third-order valence-corrected chi connectivity index (χ3v) is 2.32. The molecular formula is C10H13BF4N-. The summed E-state index contributed by atoms with van der Waals surface area (Å²) in [5.74, 6) is 0. The Hall–Kier alpha value is -1.04. The molecule has 6 heteroatoms. The van der Waals surface area contributed by atoms with Crippen LogP contribution in [0.2, 0.25) is 0 Å². The number of hydrogen-bond donors (Lipinski definition) is 0. The van der Waals surface area contributed by atoms with Gasteiger partial charge in [-0.05, 0) is 24.6 Å². The van der Waals surface area contributed by atoms with E-state index in [0.717, 1.165) is 6.54 Å². The monoisotopic (exact) mass is 234 g/mol. The Balaban J connectivity index is 0.000000221. The molecule has 0 aromatic heterocycles. The summed E-state index contributed by atoms with van der Waals surface area (Å²) in [4.78, 5) is 2.36. The first-order chi connectivity index (χ1) is 7.36. The third kappa shape index (κ3) is 5.16. The van der Waals surface area contributed by atoms with Crippen molar-refractivity contribution < 1.29 is 17.3 Å². The predicted molar refractivity (Wildman–Crippen MR) is 56.7 cm³/mol. The quantitative estimate of drug-likeness (QED) is 0.492. The molecule has 90 valence electrons. The summed E-state index contributed by atoms with van der Waals surface area (Å²) in [6.45, 7) is 2.33. The van der Waals surface area contributed by atoms with Crippen LogP contribution in [0.15, 0.2) is 24.3 Å². The standard InChI is InChI=1S/C10H13N.BF4/c1-11-7-6-9-4-2-3-5-10(9)8-11;2-1(3,4)5/h2-5H,6-8H2,1H3;/q;-1. The Morgan fingerprint density at radius 2 is 1.56 bits per heavy atom. The van der Waals surface area contributed by atoms with Crippen LogP contribution in [-0.2, 0) is 13.0 Å². The van der Waals surface area contributed by atoms with E-state index in [1.54, 1.807) is 0 Å². The highest BCUT2D eigenvalue weighted by atomic mass is 19.5. The molecule has 0 amide bonds. The van der Waals surface area contributed by atoms with Crippen molar-refractivity contribution in [3.8, 4) is 0 Å². The molecule has 0 fully saturated rings. The van der Waals surface area contributed by atoms with Crippen molar-refractivity contribution in [2.24, 2.45) is 0 Å². The van der Waals surface area contributed by atoms with Gasteiger partial charge in [-0.1, -0.05) is 24.3 Å². The van der Waals surface area contributed by atoms with Crippen LogP contribution in [0, 0.1) is 0 Å². The van der Waals surface area contributed by atoms with Crippen LogP contribution in [0.1, 0.15) is 11.1 Å². The van der Waals surface area contributed by atoms with Crippen LogP contribution >= 0.6 is 0 Å². The van der Waals surface area contributed by atoms with E-state index in [1.165, 1.54) is 24.1 Å². The summed E-state index contributed by atoms with van der Waals surface area (Å²) >= 11 is 0. The number of likely N-dealkylation sites (N-methyl/N-ethyl adjacent to an activating group) is 1. The molecule has 1 aromatic carbocycles. The van der Waals surface area contributed by atoms with E-state index < -0.39 is 7.25 Å². The molecule has 0 atom stereocenters. The van der Waals surface area contributed by atoms with E-state index in [4.69, 9.17) is 0 Å². The lowest BCUT2D eigenvalue weighted by atomic mass is 10.0. The molecule has 0 saturated heterocycles. The van der Waals surface area contributed by atoms with E-state index in [9.17, 15) is 17.3 Å². The molecular weight excluding hydrogens is 221 g/mol. The lowest BCUT2D eigenvalue weighted by molar-refractivity contribution is 0.313. The number of rotatable bonds is 0. The van der Waals surface area contributed by atoms with E-state index >= 15 is 0 Å². The first-order valence-electron chi connectivity index (χ1n) is 4.99. The first kappa shape index (κ1) is 13.0. The van der Waals surface area contributed by atoms with Crippen molar-refractivity contribution in [3.05, 3.63) is 35.4 Å². The minimum atomic E-state index is -6.00. The highest BCUT2D eigenvalue weighted by Gasteiger charge is 2.20. The lowest BCUT2D eigenvalue weighted by Gasteiger charge is -2.24. The van der Waals surface area contributed by atoms with Crippen LogP contribution in [0.25, 0.3) is 0 Å². The number of benzene rings is 1. The molecule has 0 bridgehead atoms. The van der Waals surface area contributed by atoms with Crippen molar-refractivity contribution in [2.75, 3.05) is 13.6 Å². The molecule has 1 nitrogen and oxygen atoms in total. The highest BCUT2D eigenvalue weighted by Crippen LogP contribution is 2.16. The maximum atomic E-state index is 9.75. The molecule has 0 radical (unpaired) electrons. The molecule has 1 heterocycles. The van der Waals surface area contributed by atoms with E-state index in [2.05, 4.69) is 36.2 Å². The first-order valence-corrected chi connectivity index (χ1v) is 4.99. The number of nitrogens with zero attached hydrogens (tertiary/aromatic N) is 1. The molecule has 0 unspecified atom stereocenters. The highest BCUT2D eigenvalue weighted by molar-refractivity contribution is 6.50. The summed E-state index contributed by atoms with van der Waals surface area (Å²) in [6.07, 6.45) is 1.21. The van der Waals surface area contributed by atoms with Crippen molar-refractivity contribution in [2.45, 2.75) is 13.0 Å². The van der Waals surface area contributed by atoms with Crippen molar-refractivity contribution in [3.63, 3.8) is 0 Å². The zero-order chi connectivity index (χ0) is 12.2. The second-order valence-electron chi connectivity index (χ2n) is 3.75. The van der Waals surface area contributed by atoms with Gasteiger partial charge in [0.2, 0.25) is 0 Å². The lowest BCUT2D eigenvalue weighted by Crippen LogP contribution is -2.26. The van der Waals surface area contributed by atoms with Gasteiger partial charge in [0.05, 0.1) is 0 Å². The minimum Gasteiger partial charge on any atom is -0.418 e.